The van der Waals surface area contributed by atoms with Gasteiger partial charge in [-0.1, -0.05) is 17.2 Å². The molecule has 0 spiro atoms. The maximum atomic E-state index is 4.30. The van der Waals surface area contributed by atoms with Crippen molar-refractivity contribution in [2.45, 2.75) is 39.3 Å². The molecule has 0 bridgehead atoms. The van der Waals surface area contributed by atoms with Crippen molar-refractivity contribution < 1.29 is 0 Å². The molecule has 2 aliphatic rings. The Morgan fingerprint density at radius 1 is 1.22 bits per heavy atom. The lowest BCUT2D eigenvalue weighted by atomic mass is 10.0. The number of rotatable bonds is 3. The number of aryl methyl sites for hydroxylation is 2. The van der Waals surface area contributed by atoms with Crippen LogP contribution in [-0.4, -0.2) is 35.8 Å². The number of hydrogen-bond acceptors (Lipinski definition) is 2. The van der Waals surface area contributed by atoms with E-state index in [1.165, 1.54) is 28.5 Å². The average molecular weight is 307 g/mol. The predicted molar refractivity (Wildman–Crippen MR) is 97.4 cm³/mol. The van der Waals surface area contributed by atoms with Crippen molar-refractivity contribution in [3.05, 3.63) is 46.7 Å². The van der Waals surface area contributed by atoms with E-state index in [1.54, 1.807) is 11.3 Å². The minimum atomic E-state index is 0.959. The molecular weight excluding hydrogens is 282 g/mol. The number of aromatic nitrogens is 1. The molecule has 0 saturated heterocycles. The Morgan fingerprint density at radius 2 is 2.13 bits per heavy atom. The molecule has 0 fully saturated rings. The first-order chi connectivity index (χ1) is 11.2. The third-order valence-electron chi connectivity index (χ3n) is 5.23. The Labute approximate surface area is 138 Å². The molecule has 23 heavy (non-hydrogen) atoms. The predicted octanol–water partition coefficient (Wildman–Crippen LogP) is 3.73. The van der Waals surface area contributed by atoms with Crippen LogP contribution in [0.3, 0.4) is 0 Å². The first kappa shape index (κ1) is 14.7. The van der Waals surface area contributed by atoms with Crippen LogP contribution < -0.4 is 0 Å². The highest BCUT2D eigenvalue weighted by atomic mass is 15.1. The Bertz CT molecular complexity index is 795. The van der Waals surface area contributed by atoms with Crippen LogP contribution in [0.25, 0.3) is 10.9 Å². The standard InChI is InChI=1S/C20H25N3/c1-15-3-4-19-17(13-15)18-14-22(2)11-8-20(18)23(19)12-7-16-5-9-21-10-6-16/h3-5,9,13H,6-8,10-12,14H2,1-2H3. The second-order valence-corrected chi connectivity index (χ2v) is 6.97. The fourth-order valence-electron chi connectivity index (χ4n) is 3.94. The molecule has 0 radical (unpaired) electrons. The molecule has 3 heterocycles. The van der Waals surface area contributed by atoms with E-state index in [0.717, 1.165) is 39.0 Å². The molecule has 0 aliphatic carbocycles. The zero-order valence-electron chi connectivity index (χ0n) is 14.2. The van der Waals surface area contributed by atoms with Crippen LogP contribution in [0.4, 0.5) is 0 Å². The number of aliphatic imine (C=N–C) groups is 1. The van der Waals surface area contributed by atoms with Crippen LogP contribution in [0.1, 0.15) is 29.7 Å². The van der Waals surface area contributed by atoms with Crippen LogP contribution in [-0.2, 0) is 19.5 Å². The summed E-state index contributed by atoms with van der Waals surface area (Å²) in [5.74, 6) is 0. The smallest absolute Gasteiger partial charge is 0.0486 e. The first-order valence-corrected chi connectivity index (χ1v) is 8.69. The van der Waals surface area contributed by atoms with Gasteiger partial charge in [0, 0.05) is 55.4 Å². The topological polar surface area (TPSA) is 20.5 Å². The zero-order chi connectivity index (χ0) is 15.8. The van der Waals surface area contributed by atoms with Gasteiger partial charge in [0.05, 0.1) is 0 Å². The quantitative estimate of drug-likeness (QED) is 0.846. The van der Waals surface area contributed by atoms with Gasteiger partial charge in [0.25, 0.3) is 0 Å². The van der Waals surface area contributed by atoms with Gasteiger partial charge in [-0.25, -0.2) is 0 Å². The molecule has 2 aliphatic heterocycles. The summed E-state index contributed by atoms with van der Waals surface area (Å²) in [4.78, 5) is 6.74. The van der Waals surface area contributed by atoms with Crippen molar-refractivity contribution in [1.82, 2.24) is 9.47 Å². The van der Waals surface area contributed by atoms with Gasteiger partial charge in [-0.3, -0.25) is 4.99 Å². The van der Waals surface area contributed by atoms with Crippen molar-refractivity contribution in [2.24, 2.45) is 4.99 Å². The van der Waals surface area contributed by atoms with Crippen molar-refractivity contribution in [3.8, 4) is 0 Å². The van der Waals surface area contributed by atoms with E-state index in [-0.39, 0.29) is 0 Å². The van der Waals surface area contributed by atoms with E-state index in [0.29, 0.717) is 0 Å². The van der Waals surface area contributed by atoms with Crippen LogP contribution >= 0.6 is 0 Å². The van der Waals surface area contributed by atoms with Crippen molar-refractivity contribution in [3.63, 3.8) is 0 Å². The highest BCUT2D eigenvalue weighted by molar-refractivity contribution is 5.86. The maximum Gasteiger partial charge on any atom is 0.0486 e. The number of fused-ring (bicyclic) bond motifs is 3. The summed E-state index contributed by atoms with van der Waals surface area (Å²) >= 11 is 0. The normalized spacial score (nSPS) is 18.3. The Balaban J connectivity index is 1.73. The number of benzene rings is 1. The minimum Gasteiger partial charge on any atom is -0.344 e. The average Bonchev–Trinajstić information content (AvgIpc) is 2.86. The second-order valence-electron chi connectivity index (χ2n) is 6.97. The van der Waals surface area contributed by atoms with Gasteiger partial charge in [0.1, 0.15) is 0 Å². The molecule has 120 valence electrons. The fraction of sp³-hybridized carbons (Fsp3) is 0.450. The van der Waals surface area contributed by atoms with E-state index in [9.17, 15) is 0 Å². The fourth-order valence-corrected chi connectivity index (χ4v) is 3.94. The van der Waals surface area contributed by atoms with Crippen LogP contribution in [0.2, 0.25) is 0 Å². The Kier molecular flexibility index (Phi) is 3.82. The van der Waals surface area contributed by atoms with Crippen LogP contribution in [0.5, 0.6) is 0 Å². The summed E-state index contributed by atoms with van der Waals surface area (Å²) in [5, 5.41) is 1.46. The van der Waals surface area contributed by atoms with E-state index in [2.05, 4.69) is 52.7 Å². The summed E-state index contributed by atoms with van der Waals surface area (Å²) in [6, 6.07) is 6.94. The van der Waals surface area contributed by atoms with Gasteiger partial charge in [-0.05, 0) is 50.6 Å². The number of likely N-dealkylation sites (N-methyl/N-ethyl adjacent to an activating group) is 1. The van der Waals surface area contributed by atoms with E-state index < -0.39 is 0 Å². The van der Waals surface area contributed by atoms with Crippen molar-refractivity contribution >= 4 is 17.1 Å². The molecule has 1 aromatic carbocycles. The summed E-state index contributed by atoms with van der Waals surface area (Å²) in [6.07, 6.45) is 7.62. The lowest BCUT2D eigenvalue weighted by Gasteiger charge is -2.24. The lowest BCUT2D eigenvalue weighted by Crippen LogP contribution is -2.27. The Hall–Kier alpha value is -1.87. The second kappa shape index (κ2) is 5.97. The summed E-state index contributed by atoms with van der Waals surface area (Å²) < 4.78 is 2.59. The third kappa shape index (κ3) is 2.74. The molecule has 0 unspecified atom stereocenters. The van der Waals surface area contributed by atoms with Gasteiger partial charge in [-0.2, -0.15) is 0 Å². The van der Waals surface area contributed by atoms with Crippen molar-refractivity contribution in [2.75, 3.05) is 20.1 Å². The SMILES string of the molecule is Cc1ccc2c(c1)c1c(n2CCC2=CC=NCC2)CCN(C)C1. The molecule has 0 N–H and O–H groups in total. The number of allylic oxidation sites excluding steroid dienone is 1. The molecule has 3 nitrogen and oxygen atoms in total. The highest BCUT2D eigenvalue weighted by Gasteiger charge is 2.22. The van der Waals surface area contributed by atoms with E-state index in [1.807, 2.05) is 6.21 Å². The highest BCUT2D eigenvalue weighted by Crippen LogP contribution is 2.32. The molecule has 4 rings (SSSR count). The summed E-state index contributed by atoms with van der Waals surface area (Å²) in [7, 11) is 2.23. The van der Waals surface area contributed by atoms with Gasteiger partial charge >= 0.3 is 0 Å². The Morgan fingerprint density at radius 3 is 2.96 bits per heavy atom. The van der Waals surface area contributed by atoms with Gasteiger partial charge in [0.15, 0.2) is 0 Å². The lowest BCUT2D eigenvalue weighted by molar-refractivity contribution is 0.309. The number of hydrogen-bond donors (Lipinski definition) is 0. The third-order valence-corrected chi connectivity index (χ3v) is 5.23. The van der Waals surface area contributed by atoms with Crippen LogP contribution in [0.15, 0.2) is 34.8 Å². The molecule has 1 aromatic heterocycles. The molecule has 0 amide bonds. The molecule has 2 aromatic rings. The first-order valence-electron chi connectivity index (χ1n) is 8.69. The molecular formula is C20H25N3. The molecule has 0 saturated carbocycles. The summed E-state index contributed by atoms with van der Waals surface area (Å²) in [6.45, 7) is 6.50. The van der Waals surface area contributed by atoms with Gasteiger partial charge in [-0.15, -0.1) is 0 Å². The maximum absolute atomic E-state index is 4.30. The molecule has 0 atom stereocenters. The van der Waals surface area contributed by atoms with Crippen molar-refractivity contribution in [1.29, 1.82) is 0 Å². The van der Waals surface area contributed by atoms with Crippen LogP contribution in [0, 0.1) is 6.92 Å². The van der Waals surface area contributed by atoms with E-state index >= 15 is 0 Å². The monoisotopic (exact) mass is 307 g/mol. The minimum absolute atomic E-state index is 0.959. The summed E-state index contributed by atoms with van der Waals surface area (Å²) in [5.41, 5.74) is 7.43. The number of nitrogens with zero attached hydrogens (tertiary/aromatic N) is 3. The largest absolute Gasteiger partial charge is 0.344 e. The molecule has 3 heteroatoms. The van der Waals surface area contributed by atoms with Gasteiger partial charge < -0.3 is 9.47 Å². The van der Waals surface area contributed by atoms with E-state index in [4.69, 9.17) is 0 Å². The zero-order valence-corrected chi connectivity index (χ0v) is 14.2. The van der Waals surface area contributed by atoms with Gasteiger partial charge in [0.2, 0.25) is 0 Å². The number of dihydropyridines is 1.